The van der Waals surface area contributed by atoms with Gasteiger partial charge in [0.1, 0.15) is 11.6 Å². The second-order valence-electron chi connectivity index (χ2n) is 3.63. The van der Waals surface area contributed by atoms with E-state index in [0.717, 1.165) is 12.1 Å². The molecule has 1 N–H and O–H groups in total. The zero-order valence-corrected chi connectivity index (χ0v) is 9.71. The first-order valence-corrected chi connectivity index (χ1v) is 5.35. The molecule has 0 saturated heterocycles. The van der Waals surface area contributed by atoms with Gasteiger partial charge < -0.3 is 5.11 Å². The van der Waals surface area contributed by atoms with Gasteiger partial charge in [0.25, 0.3) is 0 Å². The topological polar surface area (TPSA) is 37.3 Å². The molecule has 18 heavy (non-hydrogen) atoms. The van der Waals surface area contributed by atoms with Crippen LogP contribution in [0.25, 0.3) is 11.1 Å². The minimum Gasteiger partial charge on any atom is -0.478 e. The summed E-state index contributed by atoms with van der Waals surface area (Å²) in [4.78, 5) is 10.7. The average molecular weight is 269 g/mol. The molecule has 0 fully saturated rings. The number of carbonyl (C=O) groups is 1. The van der Waals surface area contributed by atoms with Crippen LogP contribution in [-0.4, -0.2) is 11.1 Å². The number of rotatable bonds is 2. The lowest BCUT2D eigenvalue weighted by Gasteiger charge is -2.05. The van der Waals surface area contributed by atoms with Crippen LogP contribution in [0.15, 0.2) is 36.4 Å². The number of benzene rings is 2. The van der Waals surface area contributed by atoms with Gasteiger partial charge in [-0.05, 0) is 35.4 Å². The number of hydrogen-bond acceptors (Lipinski definition) is 1. The summed E-state index contributed by atoms with van der Waals surface area (Å²) in [5, 5.41) is 8.62. The molecule has 2 aromatic rings. The van der Waals surface area contributed by atoms with Crippen molar-refractivity contribution >= 4 is 17.6 Å². The van der Waals surface area contributed by atoms with Gasteiger partial charge in [-0.25, -0.2) is 13.6 Å². The average Bonchev–Trinajstić information content (AvgIpc) is 2.32. The largest absolute Gasteiger partial charge is 0.478 e. The van der Waals surface area contributed by atoms with Gasteiger partial charge in [0.05, 0.1) is 10.6 Å². The number of aromatic carboxylic acids is 1. The first-order valence-electron chi connectivity index (χ1n) is 4.97. The Labute approximate surface area is 106 Å². The van der Waals surface area contributed by atoms with Crippen LogP contribution in [0.3, 0.4) is 0 Å². The number of halogens is 3. The van der Waals surface area contributed by atoms with E-state index in [2.05, 4.69) is 0 Å². The van der Waals surface area contributed by atoms with E-state index in [1.807, 2.05) is 0 Å². The lowest BCUT2D eigenvalue weighted by molar-refractivity contribution is 0.0692. The summed E-state index contributed by atoms with van der Waals surface area (Å²) in [6.45, 7) is 0. The highest BCUT2D eigenvalue weighted by Gasteiger charge is 2.11. The van der Waals surface area contributed by atoms with Gasteiger partial charge in [0, 0.05) is 0 Å². The van der Waals surface area contributed by atoms with Crippen LogP contribution in [0.4, 0.5) is 8.78 Å². The standard InChI is InChI=1S/C13H7ClF2O2/c14-10-5-7(2-4-11(10)15)8-1-3-9(13(17)18)12(16)6-8/h1-6H,(H,17,18). The van der Waals surface area contributed by atoms with Crippen molar-refractivity contribution in [3.8, 4) is 11.1 Å². The first-order chi connectivity index (χ1) is 8.49. The Morgan fingerprint density at radius 1 is 1.00 bits per heavy atom. The molecule has 0 aliphatic heterocycles. The van der Waals surface area contributed by atoms with Crippen molar-refractivity contribution in [2.24, 2.45) is 0 Å². The van der Waals surface area contributed by atoms with Gasteiger partial charge in [-0.15, -0.1) is 0 Å². The lowest BCUT2D eigenvalue weighted by atomic mass is 10.0. The fourth-order valence-electron chi connectivity index (χ4n) is 1.54. The van der Waals surface area contributed by atoms with E-state index in [1.54, 1.807) is 0 Å². The molecule has 0 aromatic heterocycles. The van der Waals surface area contributed by atoms with Crippen molar-refractivity contribution in [3.63, 3.8) is 0 Å². The Morgan fingerprint density at radius 3 is 2.17 bits per heavy atom. The third-order valence-corrected chi connectivity index (χ3v) is 2.74. The maximum atomic E-state index is 13.5. The highest BCUT2D eigenvalue weighted by molar-refractivity contribution is 6.31. The second kappa shape index (κ2) is 4.74. The van der Waals surface area contributed by atoms with Gasteiger partial charge in [-0.2, -0.15) is 0 Å². The third kappa shape index (κ3) is 2.33. The summed E-state index contributed by atoms with van der Waals surface area (Å²) in [5.41, 5.74) is 0.531. The molecular weight excluding hydrogens is 262 g/mol. The Hall–Kier alpha value is -1.94. The van der Waals surface area contributed by atoms with Crippen molar-refractivity contribution in [1.82, 2.24) is 0 Å². The number of carboxylic acids is 1. The van der Waals surface area contributed by atoms with Crippen LogP contribution in [0.5, 0.6) is 0 Å². The van der Waals surface area contributed by atoms with E-state index >= 15 is 0 Å². The van der Waals surface area contributed by atoms with Crippen LogP contribution >= 0.6 is 11.6 Å². The monoisotopic (exact) mass is 268 g/mol. The first kappa shape index (κ1) is 12.5. The summed E-state index contributed by atoms with van der Waals surface area (Å²) >= 11 is 5.62. The van der Waals surface area contributed by atoms with Crippen molar-refractivity contribution in [1.29, 1.82) is 0 Å². The van der Waals surface area contributed by atoms with Crippen LogP contribution in [0.2, 0.25) is 5.02 Å². The molecule has 92 valence electrons. The second-order valence-corrected chi connectivity index (χ2v) is 4.04. The van der Waals surface area contributed by atoms with Gasteiger partial charge >= 0.3 is 5.97 Å². The Bertz CT molecular complexity index is 626. The molecule has 2 nitrogen and oxygen atoms in total. The third-order valence-electron chi connectivity index (χ3n) is 2.45. The summed E-state index contributed by atoms with van der Waals surface area (Å²) in [6, 6.07) is 7.64. The van der Waals surface area contributed by atoms with Crippen molar-refractivity contribution in [2.45, 2.75) is 0 Å². The minimum absolute atomic E-state index is 0.0739. The van der Waals surface area contributed by atoms with E-state index in [-0.39, 0.29) is 5.02 Å². The van der Waals surface area contributed by atoms with Crippen molar-refractivity contribution in [2.75, 3.05) is 0 Å². The lowest BCUT2D eigenvalue weighted by Crippen LogP contribution is -2.00. The molecule has 5 heteroatoms. The predicted molar refractivity (Wildman–Crippen MR) is 63.8 cm³/mol. The van der Waals surface area contributed by atoms with Crippen molar-refractivity contribution in [3.05, 3.63) is 58.6 Å². The molecule has 0 bridgehead atoms. The van der Waals surface area contributed by atoms with E-state index in [4.69, 9.17) is 16.7 Å². The van der Waals surface area contributed by atoms with E-state index < -0.39 is 23.2 Å². The number of carboxylic acid groups (broad SMARTS) is 1. The van der Waals surface area contributed by atoms with Crippen molar-refractivity contribution < 1.29 is 18.7 Å². The zero-order valence-electron chi connectivity index (χ0n) is 8.95. The summed E-state index contributed by atoms with van der Waals surface area (Å²) in [7, 11) is 0. The van der Waals surface area contributed by atoms with Crippen LogP contribution in [0, 0.1) is 11.6 Å². The van der Waals surface area contributed by atoms with E-state index in [0.29, 0.717) is 11.1 Å². The molecule has 0 atom stereocenters. The molecule has 0 unspecified atom stereocenters. The normalized spacial score (nSPS) is 10.4. The Balaban J connectivity index is 2.48. The Morgan fingerprint density at radius 2 is 1.61 bits per heavy atom. The maximum absolute atomic E-state index is 13.5. The summed E-state index contributed by atoms with van der Waals surface area (Å²) < 4.78 is 26.5. The molecule has 2 aromatic carbocycles. The molecule has 2 rings (SSSR count). The molecular formula is C13H7ClF2O2. The molecule has 0 saturated carbocycles. The molecule has 0 aliphatic rings. The van der Waals surface area contributed by atoms with Gasteiger partial charge in [0.2, 0.25) is 0 Å². The van der Waals surface area contributed by atoms with Gasteiger partial charge in [0.15, 0.2) is 0 Å². The summed E-state index contributed by atoms with van der Waals surface area (Å²) in [5.74, 6) is -2.75. The van der Waals surface area contributed by atoms with Gasteiger partial charge in [-0.1, -0.05) is 23.7 Å². The Kier molecular flexibility index (Phi) is 3.30. The smallest absolute Gasteiger partial charge is 0.338 e. The van der Waals surface area contributed by atoms with E-state index in [9.17, 15) is 13.6 Å². The van der Waals surface area contributed by atoms with Crippen LogP contribution < -0.4 is 0 Å². The predicted octanol–water partition coefficient (Wildman–Crippen LogP) is 3.98. The summed E-state index contributed by atoms with van der Waals surface area (Å²) in [6.07, 6.45) is 0. The fraction of sp³-hybridized carbons (Fsp3) is 0. The highest BCUT2D eigenvalue weighted by atomic mass is 35.5. The van der Waals surface area contributed by atoms with E-state index in [1.165, 1.54) is 24.3 Å². The zero-order chi connectivity index (χ0) is 13.3. The SMILES string of the molecule is O=C(O)c1ccc(-c2ccc(F)c(Cl)c2)cc1F. The van der Waals surface area contributed by atoms with Gasteiger partial charge in [-0.3, -0.25) is 0 Å². The van der Waals surface area contributed by atoms with Crippen LogP contribution in [-0.2, 0) is 0 Å². The molecule has 0 radical (unpaired) electrons. The minimum atomic E-state index is -1.34. The molecule has 0 heterocycles. The highest BCUT2D eigenvalue weighted by Crippen LogP contribution is 2.26. The maximum Gasteiger partial charge on any atom is 0.338 e. The molecule has 0 aliphatic carbocycles. The number of hydrogen-bond donors (Lipinski definition) is 1. The fourth-order valence-corrected chi connectivity index (χ4v) is 1.72. The quantitative estimate of drug-likeness (QED) is 0.894. The molecule has 0 spiro atoms. The molecule has 0 amide bonds. The van der Waals surface area contributed by atoms with Crippen LogP contribution in [0.1, 0.15) is 10.4 Å².